The molecule has 11 nitrogen and oxygen atoms in total. The summed E-state index contributed by atoms with van der Waals surface area (Å²) < 4.78 is 10.2. The minimum Gasteiger partial charge on any atom is -0.507 e. The van der Waals surface area contributed by atoms with Crippen LogP contribution in [0.5, 0.6) is 11.5 Å². The van der Waals surface area contributed by atoms with Crippen molar-refractivity contribution in [2.75, 3.05) is 30.3 Å². The van der Waals surface area contributed by atoms with E-state index in [-0.39, 0.29) is 17.2 Å². The van der Waals surface area contributed by atoms with Crippen molar-refractivity contribution in [1.82, 2.24) is 29.4 Å². The lowest BCUT2D eigenvalue weighted by Gasteiger charge is -2.27. The maximum Gasteiger partial charge on any atom is 0.323 e. The van der Waals surface area contributed by atoms with Crippen molar-refractivity contribution < 1.29 is 14.6 Å². The molecular formula is C37H41ClN8O3. The van der Waals surface area contributed by atoms with E-state index in [0.29, 0.717) is 41.8 Å². The number of benzene rings is 3. The molecule has 2 aliphatic rings. The number of phenols is 1. The Labute approximate surface area is 290 Å². The Kier molecular flexibility index (Phi) is 8.81. The van der Waals surface area contributed by atoms with Gasteiger partial charge in [-0.15, -0.1) is 10.2 Å². The molecule has 3 aromatic carbocycles. The zero-order valence-electron chi connectivity index (χ0n) is 28.3. The maximum absolute atomic E-state index is 13.4. The minimum absolute atomic E-state index is 0.130. The smallest absolute Gasteiger partial charge is 0.323 e. The third kappa shape index (κ3) is 6.86. The van der Waals surface area contributed by atoms with E-state index in [1.54, 1.807) is 18.2 Å². The Hall–Kier alpha value is -4.87. The van der Waals surface area contributed by atoms with Crippen LogP contribution in [0.3, 0.4) is 0 Å². The predicted molar refractivity (Wildman–Crippen MR) is 191 cm³/mol. The number of nitrogens with zero attached hydrogens (tertiary/aromatic N) is 6. The van der Waals surface area contributed by atoms with Crippen LogP contribution in [0.25, 0.3) is 17.1 Å². The summed E-state index contributed by atoms with van der Waals surface area (Å²) in [5, 5.41) is 30.6. The summed E-state index contributed by atoms with van der Waals surface area (Å²) in [5.41, 5.74) is 7.00. The van der Waals surface area contributed by atoms with Crippen LogP contribution in [-0.2, 0) is 31.3 Å². The number of aryl methyl sites for hydroxylation is 1. The number of urea groups is 1. The monoisotopic (exact) mass is 680 g/mol. The number of rotatable bonds is 8. The molecule has 3 heterocycles. The SMILES string of the molecule is Cc1ccc(-n2cc(NC(=O)Nc3ccc(OCCN4CCn5c(nnc5-c5cc(Cl)ccc5O)C4)c4c3CCC4)c(C(C)(C)C)n2)cc1. The van der Waals surface area contributed by atoms with E-state index in [9.17, 15) is 9.90 Å². The lowest BCUT2D eigenvalue weighted by Crippen LogP contribution is -2.36. The molecule has 1 aliphatic heterocycles. The van der Waals surface area contributed by atoms with E-state index < -0.39 is 0 Å². The number of hydrogen-bond acceptors (Lipinski definition) is 7. The number of fused-ring (bicyclic) bond motifs is 2. The summed E-state index contributed by atoms with van der Waals surface area (Å²) in [5.74, 6) is 2.46. The van der Waals surface area contributed by atoms with Gasteiger partial charge in [-0.05, 0) is 79.8 Å². The van der Waals surface area contributed by atoms with Crippen LogP contribution in [0.15, 0.2) is 60.8 Å². The van der Waals surface area contributed by atoms with Crippen molar-refractivity contribution in [3.63, 3.8) is 0 Å². The molecule has 0 spiro atoms. The molecule has 49 heavy (non-hydrogen) atoms. The highest BCUT2D eigenvalue weighted by molar-refractivity contribution is 6.30. The highest BCUT2D eigenvalue weighted by atomic mass is 35.5. The Morgan fingerprint density at radius 1 is 0.980 bits per heavy atom. The third-order valence-corrected chi connectivity index (χ3v) is 9.39. The highest BCUT2D eigenvalue weighted by Gasteiger charge is 2.27. The average Bonchev–Trinajstić information content (AvgIpc) is 3.82. The number of amides is 2. The number of phenolic OH excluding ortho intramolecular Hbond substituents is 1. The van der Waals surface area contributed by atoms with Crippen molar-refractivity contribution in [3.8, 4) is 28.6 Å². The van der Waals surface area contributed by atoms with Crippen LogP contribution < -0.4 is 15.4 Å². The number of hydrogen-bond donors (Lipinski definition) is 3. The standard InChI is InChI=1S/C37H41ClN8O3/c1-23-8-11-25(12-9-23)46-21-30(34(43-46)37(2,3)4)40-36(48)39-29-13-15-32(27-7-5-6-26(27)29)49-19-18-44-16-17-45-33(22-44)41-42-35(45)28-20-24(38)10-14-31(28)47/h8-15,20-21,47H,5-7,16-19,22H2,1-4H3,(H2,39,40,48). The number of aromatic hydroxyl groups is 1. The molecule has 0 bridgehead atoms. The Bertz CT molecular complexity index is 2010. The molecule has 0 atom stereocenters. The zero-order valence-corrected chi connectivity index (χ0v) is 29.0. The highest BCUT2D eigenvalue weighted by Crippen LogP contribution is 2.37. The zero-order chi connectivity index (χ0) is 34.3. The molecule has 0 saturated heterocycles. The number of carbonyl (C=O) groups is 1. The molecule has 0 saturated carbocycles. The second-order valence-corrected chi connectivity index (χ2v) is 14.2. The molecule has 0 fully saturated rings. The van der Waals surface area contributed by atoms with Gasteiger partial charge in [0, 0.05) is 35.8 Å². The Balaban J connectivity index is 0.984. The van der Waals surface area contributed by atoms with Gasteiger partial charge in [0.15, 0.2) is 5.82 Å². The molecule has 2 amide bonds. The molecule has 254 valence electrons. The van der Waals surface area contributed by atoms with Crippen LogP contribution in [-0.4, -0.2) is 60.3 Å². The van der Waals surface area contributed by atoms with Gasteiger partial charge in [0.25, 0.3) is 0 Å². The lowest BCUT2D eigenvalue weighted by molar-refractivity contribution is 0.174. The minimum atomic E-state index is -0.302. The van der Waals surface area contributed by atoms with Gasteiger partial charge < -0.3 is 25.0 Å². The number of nitrogens with one attached hydrogen (secondary N) is 2. The van der Waals surface area contributed by atoms with E-state index in [2.05, 4.69) is 65.6 Å². The Morgan fingerprint density at radius 2 is 1.76 bits per heavy atom. The summed E-state index contributed by atoms with van der Waals surface area (Å²) in [6.45, 7) is 11.7. The normalized spacial score (nSPS) is 14.4. The summed E-state index contributed by atoms with van der Waals surface area (Å²) >= 11 is 6.17. The molecule has 1 aliphatic carbocycles. The van der Waals surface area contributed by atoms with Crippen molar-refractivity contribution >= 4 is 29.0 Å². The van der Waals surface area contributed by atoms with Crippen molar-refractivity contribution in [3.05, 3.63) is 94.0 Å². The summed E-state index contributed by atoms with van der Waals surface area (Å²) in [6, 6.07) is 16.7. The van der Waals surface area contributed by atoms with Crippen molar-refractivity contribution in [2.24, 2.45) is 0 Å². The molecule has 12 heteroatoms. The first kappa shape index (κ1) is 32.7. The lowest BCUT2D eigenvalue weighted by atomic mass is 9.91. The van der Waals surface area contributed by atoms with Crippen molar-refractivity contribution in [2.45, 2.75) is 65.5 Å². The van der Waals surface area contributed by atoms with Gasteiger partial charge in [0.1, 0.15) is 23.9 Å². The fraction of sp³-hybridized carbons (Fsp3) is 0.351. The van der Waals surface area contributed by atoms with Crippen LogP contribution in [0.1, 0.15) is 55.4 Å². The number of aromatic nitrogens is 5. The van der Waals surface area contributed by atoms with Crippen molar-refractivity contribution in [1.29, 1.82) is 0 Å². The third-order valence-electron chi connectivity index (χ3n) is 9.16. The van der Waals surface area contributed by atoms with E-state index >= 15 is 0 Å². The fourth-order valence-electron chi connectivity index (χ4n) is 6.62. The summed E-state index contributed by atoms with van der Waals surface area (Å²) in [7, 11) is 0. The van der Waals surface area contributed by atoms with Gasteiger partial charge in [0.05, 0.1) is 35.4 Å². The summed E-state index contributed by atoms with van der Waals surface area (Å²) in [4.78, 5) is 15.6. The first-order valence-electron chi connectivity index (χ1n) is 16.7. The van der Waals surface area contributed by atoms with E-state index in [0.717, 1.165) is 72.1 Å². The van der Waals surface area contributed by atoms with Gasteiger partial charge in [-0.1, -0.05) is 50.1 Å². The summed E-state index contributed by atoms with van der Waals surface area (Å²) in [6.07, 6.45) is 4.68. The number of anilines is 2. The molecule has 0 unspecified atom stereocenters. The quantitative estimate of drug-likeness (QED) is 0.159. The van der Waals surface area contributed by atoms with E-state index in [4.69, 9.17) is 21.4 Å². The number of carbonyl (C=O) groups excluding carboxylic acids is 1. The molecule has 5 aromatic rings. The van der Waals surface area contributed by atoms with Gasteiger partial charge in [-0.25, -0.2) is 9.48 Å². The van der Waals surface area contributed by atoms with Crippen LogP contribution in [0, 0.1) is 6.92 Å². The van der Waals surface area contributed by atoms with E-state index in [1.165, 1.54) is 5.56 Å². The van der Waals surface area contributed by atoms with Crippen LogP contribution >= 0.6 is 11.6 Å². The number of halogens is 1. The molecule has 3 N–H and O–H groups in total. The number of ether oxygens (including phenoxy) is 1. The first-order chi connectivity index (χ1) is 23.5. The maximum atomic E-state index is 13.4. The van der Waals surface area contributed by atoms with E-state index in [1.807, 2.05) is 39.7 Å². The van der Waals surface area contributed by atoms with Gasteiger partial charge in [-0.2, -0.15) is 5.10 Å². The molecular weight excluding hydrogens is 640 g/mol. The first-order valence-corrected chi connectivity index (χ1v) is 17.1. The molecule has 2 aromatic heterocycles. The van der Waals surface area contributed by atoms with Gasteiger partial charge >= 0.3 is 6.03 Å². The second-order valence-electron chi connectivity index (χ2n) is 13.8. The predicted octanol–water partition coefficient (Wildman–Crippen LogP) is 7.12. The molecule has 0 radical (unpaired) electrons. The fourth-order valence-corrected chi connectivity index (χ4v) is 6.79. The Morgan fingerprint density at radius 3 is 2.55 bits per heavy atom. The van der Waals surface area contributed by atoms with Crippen LogP contribution in [0.4, 0.5) is 16.2 Å². The van der Waals surface area contributed by atoms with Gasteiger partial charge in [0.2, 0.25) is 0 Å². The largest absolute Gasteiger partial charge is 0.507 e. The average molecular weight is 681 g/mol. The van der Waals surface area contributed by atoms with Crippen LogP contribution in [0.2, 0.25) is 5.02 Å². The molecule has 7 rings (SSSR count). The second kappa shape index (κ2) is 13.2. The van der Waals surface area contributed by atoms with Gasteiger partial charge in [-0.3, -0.25) is 4.90 Å². The topological polar surface area (TPSA) is 122 Å².